The average molecular weight is 403 g/mol. The average Bonchev–Trinajstić information content (AvgIpc) is 3.00. The van der Waals surface area contributed by atoms with Crippen molar-refractivity contribution in [1.82, 2.24) is 24.2 Å². The molecule has 1 fully saturated rings. The maximum absolute atomic E-state index is 13.9. The fourth-order valence-electron chi connectivity index (χ4n) is 4.48. The van der Waals surface area contributed by atoms with Gasteiger partial charge in [-0.3, -0.25) is 9.20 Å². The van der Waals surface area contributed by atoms with Crippen LogP contribution in [0.25, 0.3) is 27.7 Å². The van der Waals surface area contributed by atoms with E-state index in [-0.39, 0.29) is 5.91 Å². The molecule has 154 valence electrons. The molecule has 7 heteroatoms. The summed E-state index contributed by atoms with van der Waals surface area (Å²) in [6.45, 7) is 3.37. The number of para-hydroxylation sites is 2. The van der Waals surface area contributed by atoms with Gasteiger partial charge in [0, 0.05) is 45.3 Å². The Morgan fingerprint density at radius 2 is 1.83 bits per heavy atom. The van der Waals surface area contributed by atoms with Gasteiger partial charge in [0.15, 0.2) is 5.65 Å². The van der Waals surface area contributed by atoms with E-state index in [4.69, 9.17) is 4.98 Å². The predicted molar refractivity (Wildman–Crippen MR) is 120 cm³/mol. The predicted octanol–water partition coefficient (Wildman–Crippen LogP) is 2.88. The van der Waals surface area contributed by atoms with E-state index < -0.39 is 0 Å². The number of anilines is 1. The van der Waals surface area contributed by atoms with Crippen molar-refractivity contribution in [3.63, 3.8) is 0 Å². The minimum absolute atomic E-state index is 0.0417. The summed E-state index contributed by atoms with van der Waals surface area (Å²) in [4.78, 5) is 29.8. The topological polar surface area (TPSA) is 57.0 Å². The van der Waals surface area contributed by atoms with Gasteiger partial charge in [-0.2, -0.15) is 0 Å². The normalized spacial score (nSPS) is 15.8. The van der Waals surface area contributed by atoms with E-state index in [1.54, 1.807) is 6.20 Å². The standard InChI is InChI=1S/C23H26N6O/c1-26(2)20-16-8-6-11-24-21(16)29-18-10-5-4-9-17(18)25-22(29)19(20)23(30)28-13-7-12-27(3)14-15-28/h4-6,8-11H,7,12-15H2,1-3H3. The number of benzene rings is 1. The Labute approximate surface area is 175 Å². The van der Waals surface area contributed by atoms with Gasteiger partial charge in [0.2, 0.25) is 0 Å². The van der Waals surface area contributed by atoms with Crippen LogP contribution in [-0.2, 0) is 0 Å². The quantitative estimate of drug-likeness (QED) is 0.516. The van der Waals surface area contributed by atoms with Crippen molar-refractivity contribution in [2.45, 2.75) is 6.42 Å². The van der Waals surface area contributed by atoms with Crippen LogP contribution in [0.5, 0.6) is 0 Å². The molecule has 0 spiro atoms. The van der Waals surface area contributed by atoms with Crippen molar-refractivity contribution in [2.75, 3.05) is 52.2 Å². The van der Waals surface area contributed by atoms with Crippen LogP contribution in [0.3, 0.4) is 0 Å². The molecule has 1 aliphatic heterocycles. The summed E-state index contributed by atoms with van der Waals surface area (Å²) in [5.74, 6) is 0.0417. The van der Waals surface area contributed by atoms with Gasteiger partial charge in [0.05, 0.1) is 16.7 Å². The summed E-state index contributed by atoms with van der Waals surface area (Å²) < 4.78 is 2.04. The van der Waals surface area contributed by atoms with Crippen molar-refractivity contribution in [3.05, 3.63) is 48.2 Å². The van der Waals surface area contributed by atoms with Crippen LogP contribution in [0, 0.1) is 0 Å². The molecule has 0 atom stereocenters. The summed E-state index contributed by atoms with van der Waals surface area (Å²) in [5.41, 5.74) is 4.85. The SMILES string of the molecule is CN1CCCN(C(=O)c2c(N(C)C)c3cccnc3n3c2nc2ccccc23)CC1. The number of fused-ring (bicyclic) bond motifs is 5. The van der Waals surface area contributed by atoms with E-state index in [1.807, 2.05) is 64.7 Å². The number of aromatic nitrogens is 3. The van der Waals surface area contributed by atoms with Crippen molar-refractivity contribution in [2.24, 2.45) is 0 Å². The lowest BCUT2D eigenvalue weighted by Crippen LogP contribution is -2.35. The second-order valence-corrected chi connectivity index (χ2v) is 8.20. The second-order valence-electron chi connectivity index (χ2n) is 8.20. The van der Waals surface area contributed by atoms with E-state index in [2.05, 4.69) is 16.9 Å². The van der Waals surface area contributed by atoms with Gasteiger partial charge in [-0.05, 0) is 44.3 Å². The molecule has 0 radical (unpaired) electrons. The Hall–Kier alpha value is -3.19. The van der Waals surface area contributed by atoms with Crippen LogP contribution < -0.4 is 4.90 Å². The number of nitrogens with zero attached hydrogens (tertiary/aromatic N) is 6. The van der Waals surface area contributed by atoms with E-state index in [0.717, 1.165) is 60.4 Å². The highest BCUT2D eigenvalue weighted by Gasteiger charge is 2.28. The van der Waals surface area contributed by atoms with Gasteiger partial charge in [-0.25, -0.2) is 9.97 Å². The first-order chi connectivity index (χ1) is 14.6. The summed E-state index contributed by atoms with van der Waals surface area (Å²) in [7, 11) is 6.07. The Morgan fingerprint density at radius 3 is 2.67 bits per heavy atom. The zero-order valence-electron chi connectivity index (χ0n) is 17.7. The van der Waals surface area contributed by atoms with Gasteiger partial charge >= 0.3 is 0 Å². The molecular formula is C23H26N6O. The molecule has 1 amide bonds. The second kappa shape index (κ2) is 7.25. The van der Waals surface area contributed by atoms with E-state index in [0.29, 0.717) is 11.2 Å². The number of rotatable bonds is 2. The maximum atomic E-state index is 13.9. The van der Waals surface area contributed by atoms with Gasteiger partial charge in [0.25, 0.3) is 5.91 Å². The largest absolute Gasteiger partial charge is 0.376 e. The molecule has 3 aromatic heterocycles. The number of hydrogen-bond donors (Lipinski definition) is 0. The number of amides is 1. The number of carbonyl (C=O) groups is 1. The smallest absolute Gasteiger partial charge is 0.259 e. The van der Waals surface area contributed by atoms with Crippen molar-refractivity contribution >= 4 is 39.3 Å². The minimum atomic E-state index is 0.0417. The Balaban J connectivity index is 1.85. The summed E-state index contributed by atoms with van der Waals surface area (Å²) in [6, 6.07) is 12.0. The molecule has 1 saturated heterocycles. The Bertz CT molecular complexity index is 1260. The Kier molecular flexibility index (Phi) is 4.55. The van der Waals surface area contributed by atoms with Crippen LogP contribution in [0.2, 0.25) is 0 Å². The number of likely N-dealkylation sites (N-methyl/N-ethyl adjacent to an activating group) is 1. The number of hydrogen-bond acceptors (Lipinski definition) is 5. The molecular weight excluding hydrogens is 376 g/mol. The first-order valence-electron chi connectivity index (χ1n) is 10.4. The highest BCUT2D eigenvalue weighted by molar-refractivity contribution is 6.13. The van der Waals surface area contributed by atoms with Gasteiger partial charge in [-0.15, -0.1) is 0 Å². The number of pyridine rings is 2. The maximum Gasteiger partial charge on any atom is 0.259 e. The third-order valence-electron chi connectivity index (χ3n) is 5.94. The molecule has 0 unspecified atom stereocenters. The van der Waals surface area contributed by atoms with Crippen LogP contribution in [0.4, 0.5) is 5.69 Å². The monoisotopic (exact) mass is 402 g/mol. The van der Waals surface area contributed by atoms with E-state index in [1.165, 1.54) is 0 Å². The van der Waals surface area contributed by atoms with Crippen LogP contribution >= 0.6 is 0 Å². The molecule has 4 aromatic rings. The highest BCUT2D eigenvalue weighted by atomic mass is 16.2. The fourth-order valence-corrected chi connectivity index (χ4v) is 4.48. The number of carbonyl (C=O) groups excluding carboxylic acids is 1. The van der Waals surface area contributed by atoms with Crippen molar-refractivity contribution in [1.29, 1.82) is 0 Å². The zero-order chi connectivity index (χ0) is 20.8. The van der Waals surface area contributed by atoms with E-state index in [9.17, 15) is 4.79 Å². The molecule has 1 aromatic carbocycles. The minimum Gasteiger partial charge on any atom is -0.376 e. The number of imidazole rings is 1. The van der Waals surface area contributed by atoms with Crippen LogP contribution in [0.1, 0.15) is 16.8 Å². The molecule has 7 nitrogen and oxygen atoms in total. The molecule has 30 heavy (non-hydrogen) atoms. The van der Waals surface area contributed by atoms with Crippen molar-refractivity contribution < 1.29 is 4.79 Å². The van der Waals surface area contributed by atoms with Gasteiger partial charge in [-0.1, -0.05) is 12.1 Å². The first-order valence-corrected chi connectivity index (χ1v) is 10.4. The summed E-state index contributed by atoms with van der Waals surface area (Å²) in [5, 5.41) is 0.952. The van der Waals surface area contributed by atoms with Crippen LogP contribution in [-0.4, -0.2) is 77.4 Å². The summed E-state index contributed by atoms with van der Waals surface area (Å²) in [6.07, 6.45) is 2.77. The summed E-state index contributed by atoms with van der Waals surface area (Å²) >= 11 is 0. The molecule has 0 N–H and O–H groups in total. The third kappa shape index (κ3) is 2.89. The Morgan fingerprint density at radius 1 is 1.00 bits per heavy atom. The molecule has 4 heterocycles. The molecule has 5 rings (SSSR count). The zero-order valence-corrected chi connectivity index (χ0v) is 17.7. The molecule has 0 aliphatic carbocycles. The lowest BCUT2D eigenvalue weighted by Gasteiger charge is -2.25. The van der Waals surface area contributed by atoms with Crippen molar-refractivity contribution in [3.8, 4) is 0 Å². The van der Waals surface area contributed by atoms with Crippen LogP contribution in [0.15, 0.2) is 42.6 Å². The lowest BCUT2D eigenvalue weighted by molar-refractivity contribution is 0.0765. The third-order valence-corrected chi connectivity index (χ3v) is 5.94. The molecule has 0 bridgehead atoms. The lowest BCUT2D eigenvalue weighted by atomic mass is 10.1. The molecule has 0 saturated carbocycles. The highest BCUT2D eigenvalue weighted by Crippen LogP contribution is 2.35. The fraction of sp³-hybridized carbons (Fsp3) is 0.348. The molecule has 1 aliphatic rings. The van der Waals surface area contributed by atoms with E-state index >= 15 is 0 Å². The van der Waals surface area contributed by atoms with Gasteiger partial charge < -0.3 is 14.7 Å². The van der Waals surface area contributed by atoms with Gasteiger partial charge in [0.1, 0.15) is 11.2 Å². The first kappa shape index (κ1) is 18.8.